The SMILES string of the molecule is C=CCNC(=O)C(=O)C(CCC)NC(=O)[C@@H]1[C@@H]2[C@H](CN1C(=O)[C@@H](NC(=O)N[C@H](CN(C)S(=O)(=O)c1cccnc1)C(C)(C)C)C(C)(C)C)C2(C)C. The fourth-order valence-electron chi connectivity index (χ4n) is 6.75. The number of hydrogen-bond donors (Lipinski definition) is 4. The predicted octanol–water partition coefficient (Wildman–Crippen LogP) is 2.47. The first-order chi connectivity index (χ1) is 23.5. The van der Waals surface area contributed by atoms with Crippen LogP contribution >= 0.6 is 0 Å². The van der Waals surface area contributed by atoms with Crippen molar-refractivity contribution < 1.29 is 32.4 Å². The number of nitrogens with one attached hydrogen (secondary N) is 4. The van der Waals surface area contributed by atoms with Gasteiger partial charge in [0.1, 0.15) is 17.0 Å². The summed E-state index contributed by atoms with van der Waals surface area (Å²) < 4.78 is 27.6. The number of carbonyl (C=O) groups is 5. The standard InChI is InChI=1S/C36H57N7O7S/c1-12-15-24(28(44)31(46)38-17-13-2)39-30(45)27-26-23(36(26,9)10)20-43(27)32(47)29(35(6,7)8)41-33(48)40-25(34(3,4)5)21-42(11)51(49,50)22-16-14-18-37-19-22/h13-14,16,18-19,23-27,29H,2,12,15,17,20-21H2,1,3-11H3,(H,38,46)(H,39,45)(H2,40,41,48)/t23-,24?,25+,26-,27-,29+/m0/s1. The highest BCUT2D eigenvalue weighted by Crippen LogP contribution is 2.65. The van der Waals surface area contributed by atoms with Crippen molar-refractivity contribution in [3.05, 3.63) is 37.2 Å². The van der Waals surface area contributed by atoms with Gasteiger partial charge in [-0.1, -0.05) is 74.8 Å². The predicted molar refractivity (Wildman–Crippen MR) is 194 cm³/mol. The molecule has 4 N–H and O–H groups in total. The lowest BCUT2D eigenvalue weighted by Gasteiger charge is -2.39. The third-order valence-electron chi connectivity index (χ3n) is 10.1. The molecule has 15 heteroatoms. The van der Waals surface area contributed by atoms with Crippen LogP contribution in [0.3, 0.4) is 0 Å². The number of pyridine rings is 1. The van der Waals surface area contributed by atoms with Crippen LogP contribution in [0.4, 0.5) is 4.79 Å². The first kappa shape index (κ1) is 41.6. The fraction of sp³-hybridized carbons (Fsp3) is 0.667. The Hall–Kier alpha value is -3.85. The van der Waals surface area contributed by atoms with E-state index in [1.165, 1.54) is 42.6 Å². The zero-order valence-electron chi connectivity index (χ0n) is 31.7. The molecule has 0 spiro atoms. The van der Waals surface area contributed by atoms with Crippen LogP contribution in [0.15, 0.2) is 42.1 Å². The van der Waals surface area contributed by atoms with Gasteiger partial charge < -0.3 is 26.2 Å². The molecule has 1 aromatic rings. The Morgan fingerprint density at radius 3 is 2.25 bits per heavy atom. The van der Waals surface area contributed by atoms with Crippen LogP contribution in [-0.4, -0.2) is 103 Å². The molecule has 1 saturated carbocycles. The number of hydrogen-bond acceptors (Lipinski definition) is 8. The third-order valence-corrected chi connectivity index (χ3v) is 11.9. The summed E-state index contributed by atoms with van der Waals surface area (Å²) in [4.78, 5) is 73.0. The summed E-state index contributed by atoms with van der Waals surface area (Å²) in [5.41, 5.74) is -1.61. The van der Waals surface area contributed by atoms with Crippen molar-refractivity contribution in [2.75, 3.05) is 26.7 Å². The molecule has 1 aliphatic carbocycles. The normalized spacial score (nSPS) is 21.5. The maximum atomic E-state index is 14.4. The van der Waals surface area contributed by atoms with Crippen LogP contribution in [0.2, 0.25) is 0 Å². The Balaban J connectivity index is 1.83. The molecular weight excluding hydrogens is 675 g/mol. The summed E-state index contributed by atoms with van der Waals surface area (Å²) in [7, 11) is -2.47. The highest BCUT2D eigenvalue weighted by molar-refractivity contribution is 7.89. The summed E-state index contributed by atoms with van der Waals surface area (Å²) in [5, 5.41) is 11.0. The van der Waals surface area contributed by atoms with Crippen molar-refractivity contribution in [3.8, 4) is 0 Å². The average Bonchev–Trinajstić information content (AvgIpc) is 3.34. The number of fused-ring (bicyclic) bond motifs is 1. The molecule has 14 nitrogen and oxygen atoms in total. The Labute approximate surface area is 303 Å². The number of likely N-dealkylation sites (N-methyl/N-ethyl adjacent to an activating group) is 1. The molecular formula is C36H57N7O7S. The number of rotatable bonds is 15. The van der Waals surface area contributed by atoms with E-state index in [0.29, 0.717) is 6.42 Å². The number of ketones is 1. The lowest BCUT2D eigenvalue weighted by atomic mass is 9.85. The summed E-state index contributed by atoms with van der Waals surface area (Å²) in [5.74, 6) is -2.71. The van der Waals surface area contributed by atoms with Crippen molar-refractivity contribution in [1.82, 2.24) is 35.5 Å². The van der Waals surface area contributed by atoms with Crippen molar-refractivity contribution in [1.29, 1.82) is 0 Å². The van der Waals surface area contributed by atoms with E-state index < -0.39 is 74.6 Å². The van der Waals surface area contributed by atoms with Gasteiger partial charge in [0.15, 0.2) is 0 Å². The smallest absolute Gasteiger partial charge is 0.315 e. The van der Waals surface area contributed by atoms with E-state index in [2.05, 4.69) is 32.8 Å². The zero-order chi connectivity index (χ0) is 38.7. The topological polar surface area (TPSA) is 187 Å². The second kappa shape index (κ2) is 15.8. The van der Waals surface area contributed by atoms with E-state index in [4.69, 9.17) is 0 Å². The van der Waals surface area contributed by atoms with Gasteiger partial charge in [-0.2, -0.15) is 4.31 Å². The van der Waals surface area contributed by atoms with E-state index in [9.17, 15) is 32.4 Å². The zero-order valence-corrected chi connectivity index (χ0v) is 32.5. The van der Waals surface area contributed by atoms with E-state index >= 15 is 0 Å². The van der Waals surface area contributed by atoms with Crippen molar-refractivity contribution >= 4 is 39.6 Å². The first-order valence-corrected chi connectivity index (χ1v) is 18.9. The summed E-state index contributed by atoms with van der Waals surface area (Å²) in [6, 6.07) is -1.40. The van der Waals surface area contributed by atoms with Gasteiger partial charge in [-0.3, -0.25) is 24.2 Å². The summed E-state index contributed by atoms with van der Waals surface area (Å²) >= 11 is 0. The van der Waals surface area contributed by atoms with E-state index in [0.717, 1.165) is 4.31 Å². The molecule has 51 heavy (non-hydrogen) atoms. The number of piperidine rings is 1. The second-order valence-electron chi connectivity index (χ2n) is 16.4. The highest BCUT2D eigenvalue weighted by Gasteiger charge is 2.70. The molecule has 5 amide bonds. The Bertz CT molecular complexity index is 1580. The molecule has 0 radical (unpaired) electrons. The minimum Gasteiger partial charge on any atom is -0.346 e. The van der Waals surface area contributed by atoms with Crippen molar-refractivity contribution in [2.24, 2.45) is 28.1 Å². The molecule has 2 fully saturated rings. The van der Waals surface area contributed by atoms with Crippen LogP contribution in [0.1, 0.15) is 75.2 Å². The Morgan fingerprint density at radius 1 is 1.08 bits per heavy atom. The number of likely N-dealkylation sites (tertiary alicyclic amines) is 1. The molecule has 0 bridgehead atoms. The van der Waals surface area contributed by atoms with E-state index in [1.807, 2.05) is 41.5 Å². The molecule has 3 rings (SSSR count). The maximum Gasteiger partial charge on any atom is 0.315 e. The number of Topliss-reactive ketones (excluding diaryl/α,β-unsaturated/α-hetero) is 1. The molecule has 2 heterocycles. The summed E-state index contributed by atoms with van der Waals surface area (Å²) in [6.07, 6.45) is 4.96. The quantitative estimate of drug-likeness (QED) is 0.157. The van der Waals surface area contributed by atoms with Crippen LogP contribution in [0.5, 0.6) is 0 Å². The van der Waals surface area contributed by atoms with Gasteiger partial charge in [-0.25, -0.2) is 13.2 Å². The molecule has 1 aromatic heterocycles. The maximum absolute atomic E-state index is 14.4. The van der Waals surface area contributed by atoms with Crippen LogP contribution in [-0.2, 0) is 29.2 Å². The average molecular weight is 732 g/mol. The van der Waals surface area contributed by atoms with E-state index in [1.54, 1.807) is 20.8 Å². The number of nitrogens with zero attached hydrogens (tertiary/aromatic N) is 3. The summed E-state index contributed by atoms with van der Waals surface area (Å²) in [6.45, 7) is 20.8. The van der Waals surface area contributed by atoms with Gasteiger partial charge in [0.2, 0.25) is 27.6 Å². The molecule has 1 saturated heterocycles. The van der Waals surface area contributed by atoms with Crippen molar-refractivity contribution in [3.63, 3.8) is 0 Å². The van der Waals surface area contributed by atoms with Gasteiger partial charge in [0.05, 0.1) is 6.04 Å². The largest absolute Gasteiger partial charge is 0.346 e. The van der Waals surface area contributed by atoms with Crippen LogP contribution in [0, 0.1) is 28.1 Å². The first-order valence-electron chi connectivity index (χ1n) is 17.5. The number of amides is 5. The minimum absolute atomic E-state index is 0.0229. The molecule has 0 aromatic carbocycles. The number of sulfonamides is 1. The molecule has 6 atom stereocenters. The minimum atomic E-state index is -3.90. The highest BCUT2D eigenvalue weighted by atomic mass is 32.2. The van der Waals surface area contributed by atoms with Gasteiger partial charge >= 0.3 is 6.03 Å². The second-order valence-corrected chi connectivity index (χ2v) is 18.5. The molecule has 1 unspecified atom stereocenters. The fourth-order valence-corrected chi connectivity index (χ4v) is 7.90. The molecule has 2 aliphatic rings. The van der Waals surface area contributed by atoms with Crippen LogP contribution in [0.25, 0.3) is 0 Å². The van der Waals surface area contributed by atoms with E-state index in [-0.39, 0.29) is 48.2 Å². The van der Waals surface area contributed by atoms with Gasteiger partial charge in [0, 0.05) is 45.1 Å². The monoisotopic (exact) mass is 731 g/mol. The lowest BCUT2D eigenvalue weighted by molar-refractivity contribution is -0.145. The Kier molecular flexibility index (Phi) is 12.9. The van der Waals surface area contributed by atoms with Gasteiger partial charge in [-0.15, -0.1) is 6.58 Å². The number of urea groups is 1. The van der Waals surface area contributed by atoms with Gasteiger partial charge in [0.25, 0.3) is 5.91 Å². The molecule has 284 valence electrons. The van der Waals surface area contributed by atoms with Crippen molar-refractivity contribution in [2.45, 2.75) is 104 Å². The Morgan fingerprint density at radius 2 is 1.73 bits per heavy atom. The number of carbonyl (C=O) groups excluding carboxylic acids is 5. The molecule has 1 aliphatic heterocycles. The third kappa shape index (κ3) is 9.53. The van der Waals surface area contributed by atoms with Gasteiger partial charge in [-0.05, 0) is 46.6 Å². The number of aromatic nitrogens is 1. The van der Waals surface area contributed by atoms with Crippen LogP contribution < -0.4 is 21.3 Å². The lowest BCUT2D eigenvalue weighted by Crippen LogP contribution is -2.62.